The highest BCUT2D eigenvalue weighted by Crippen LogP contribution is 2.22. The summed E-state index contributed by atoms with van der Waals surface area (Å²) in [6, 6.07) is 11.4. The van der Waals surface area contributed by atoms with Crippen LogP contribution in [-0.2, 0) is 4.79 Å². The SMILES string of the molecule is O=C(CSc1nnc(-c2ccncc2)o1)N/N=C\c1c[nH]c2ccccc12. The molecule has 0 aliphatic carbocycles. The number of nitrogens with zero attached hydrogens (tertiary/aromatic N) is 4. The van der Waals surface area contributed by atoms with Crippen LogP contribution < -0.4 is 5.43 Å². The van der Waals surface area contributed by atoms with E-state index in [9.17, 15) is 4.79 Å². The summed E-state index contributed by atoms with van der Waals surface area (Å²) >= 11 is 1.15. The fraction of sp³-hybridized carbons (Fsp3) is 0.0556. The molecule has 0 unspecified atom stereocenters. The second-order valence-corrected chi connectivity index (χ2v) is 6.41. The maximum Gasteiger partial charge on any atom is 0.277 e. The van der Waals surface area contributed by atoms with E-state index < -0.39 is 0 Å². The Bertz CT molecular complexity index is 1090. The highest BCUT2D eigenvalue weighted by molar-refractivity contribution is 7.99. The van der Waals surface area contributed by atoms with E-state index in [0.717, 1.165) is 33.8 Å². The Labute approximate surface area is 158 Å². The number of hydrogen-bond acceptors (Lipinski definition) is 7. The summed E-state index contributed by atoms with van der Waals surface area (Å²) in [7, 11) is 0. The van der Waals surface area contributed by atoms with E-state index in [2.05, 4.69) is 30.7 Å². The van der Waals surface area contributed by atoms with Crippen LogP contribution >= 0.6 is 11.8 Å². The second-order valence-electron chi connectivity index (χ2n) is 5.48. The molecule has 0 saturated heterocycles. The van der Waals surface area contributed by atoms with Crippen molar-refractivity contribution >= 4 is 34.8 Å². The molecule has 4 rings (SSSR count). The molecule has 2 N–H and O–H groups in total. The molecule has 0 atom stereocenters. The number of benzene rings is 1. The molecule has 134 valence electrons. The molecular weight excluding hydrogens is 364 g/mol. The quantitative estimate of drug-likeness (QED) is 0.303. The first kappa shape index (κ1) is 17.0. The maximum atomic E-state index is 11.9. The van der Waals surface area contributed by atoms with E-state index in [-0.39, 0.29) is 11.7 Å². The van der Waals surface area contributed by atoms with Crippen LogP contribution in [-0.4, -0.2) is 38.0 Å². The number of para-hydroxylation sites is 1. The van der Waals surface area contributed by atoms with Crippen molar-refractivity contribution in [3.63, 3.8) is 0 Å². The molecule has 1 aromatic carbocycles. The third-order valence-corrected chi connectivity index (χ3v) is 4.49. The molecule has 0 spiro atoms. The zero-order chi connectivity index (χ0) is 18.5. The largest absolute Gasteiger partial charge is 0.411 e. The summed E-state index contributed by atoms with van der Waals surface area (Å²) in [5, 5.41) is 13.2. The Morgan fingerprint density at radius 3 is 2.96 bits per heavy atom. The van der Waals surface area contributed by atoms with Gasteiger partial charge in [-0.15, -0.1) is 10.2 Å². The number of aromatic nitrogens is 4. The van der Waals surface area contributed by atoms with Crippen molar-refractivity contribution in [2.24, 2.45) is 5.10 Å². The third-order valence-electron chi connectivity index (χ3n) is 3.67. The lowest BCUT2D eigenvalue weighted by Gasteiger charge is -1.97. The molecule has 0 fully saturated rings. The standard InChI is InChI=1S/C18H14N6O2S/c25-16(22-21-10-13-9-20-15-4-2-1-3-14(13)15)11-27-18-24-23-17(26-18)12-5-7-19-8-6-12/h1-10,20H,11H2,(H,22,25)/b21-10-. The van der Waals surface area contributed by atoms with Gasteiger partial charge >= 0.3 is 0 Å². The van der Waals surface area contributed by atoms with E-state index >= 15 is 0 Å². The predicted octanol–water partition coefficient (Wildman–Crippen LogP) is 2.86. The molecule has 4 aromatic rings. The molecule has 3 aromatic heterocycles. The maximum absolute atomic E-state index is 11.9. The molecular formula is C18H14N6O2S. The van der Waals surface area contributed by atoms with Gasteiger partial charge in [-0.05, 0) is 18.2 Å². The Morgan fingerprint density at radius 2 is 2.07 bits per heavy atom. The van der Waals surface area contributed by atoms with Crippen molar-refractivity contribution in [1.29, 1.82) is 0 Å². The van der Waals surface area contributed by atoms with Crippen LogP contribution in [0.2, 0.25) is 0 Å². The lowest BCUT2D eigenvalue weighted by atomic mass is 10.2. The highest BCUT2D eigenvalue weighted by atomic mass is 32.2. The summed E-state index contributed by atoms with van der Waals surface area (Å²) in [6.07, 6.45) is 6.74. The fourth-order valence-corrected chi connectivity index (χ4v) is 2.97. The van der Waals surface area contributed by atoms with E-state index in [1.54, 1.807) is 30.7 Å². The summed E-state index contributed by atoms with van der Waals surface area (Å²) < 4.78 is 5.52. The number of fused-ring (bicyclic) bond motifs is 1. The number of thioether (sulfide) groups is 1. The van der Waals surface area contributed by atoms with Crippen molar-refractivity contribution in [3.05, 3.63) is 60.6 Å². The first-order chi connectivity index (χ1) is 13.3. The smallest absolute Gasteiger partial charge is 0.277 e. The Morgan fingerprint density at radius 1 is 1.22 bits per heavy atom. The molecule has 0 aliphatic rings. The number of aromatic amines is 1. The number of hydrogen-bond donors (Lipinski definition) is 2. The zero-order valence-electron chi connectivity index (χ0n) is 14.0. The van der Waals surface area contributed by atoms with Crippen molar-refractivity contribution in [3.8, 4) is 11.5 Å². The van der Waals surface area contributed by atoms with Crippen LogP contribution in [0.15, 0.2) is 69.7 Å². The van der Waals surface area contributed by atoms with Gasteiger partial charge in [0.2, 0.25) is 5.89 Å². The number of pyridine rings is 1. The molecule has 1 amide bonds. The van der Waals surface area contributed by atoms with Crippen LogP contribution in [0, 0.1) is 0 Å². The van der Waals surface area contributed by atoms with Gasteiger partial charge in [-0.2, -0.15) is 5.10 Å². The average Bonchev–Trinajstić information content (AvgIpc) is 3.35. The van der Waals surface area contributed by atoms with Gasteiger partial charge in [0.15, 0.2) is 0 Å². The van der Waals surface area contributed by atoms with E-state index in [0.29, 0.717) is 11.1 Å². The Hall–Kier alpha value is -3.46. The summed E-state index contributed by atoms with van der Waals surface area (Å²) in [6.45, 7) is 0. The van der Waals surface area contributed by atoms with Gasteiger partial charge in [-0.3, -0.25) is 9.78 Å². The molecule has 27 heavy (non-hydrogen) atoms. The fourth-order valence-electron chi connectivity index (χ4n) is 2.41. The molecule has 8 nitrogen and oxygen atoms in total. The monoisotopic (exact) mass is 378 g/mol. The summed E-state index contributed by atoms with van der Waals surface area (Å²) in [4.78, 5) is 19.0. The van der Waals surface area contributed by atoms with Gasteiger partial charge < -0.3 is 9.40 Å². The van der Waals surface area contributed by atoms with Gasteiger partial charge in [0.05, 0.1) is 12.0 Å². The van der Waals surface area contributed by atoms with Gasteiger partial charge in [-0.25, -0.2) is 5.43 Å². The number of carbonyl (C=O) groups is 1. The topological polar surface area (TPSA) is 109 Å². The minimum absolute atomic E-state index is 0.114. The average molecular weight is 378 g/mol. The molecule has 0 bridgehead atoms. The van der Waals surface area contributed by atoms with Gasteiger partial charge in [0.1, 0.15) is 0 Å². The molecule has 0 saturated carbocycles. The van der Waals surface area contributed by atoms with Crippen molar-refractivity contribution < 1.29 is 9.21 Å². The zero-order valence-corrected chi connectivity index (χ0v) is 14.8. The van der Waals surface area contributed by atoms with Crippen LogP contribution in [0.3, 0.4) is 0 Å². The van der Waals surface area contributed by atoms with Crippen LogP contribution in [0.5, 0.6) is 0 Å². The predicted molar refractivity (Wildman–Crippen MR) is 102 cm³/mol. The highest BCUT2D eigenvalue weighted by Gasteiger charge is 2.10. The van der Waals surface area contributed by atoms with Crippen LogP contribution in [0.25, 0.3) is 22.4 Å². The lowest BCUT2D eigenvalue weighted by Crippen LogP contribution is -2.19. The summed E-state index contributed by atoms with van der Waals surface area (Å²) in [5.41, 5.74) is 5.18. The van der Waals surface area contributed by atoms with Crippen LogP contribution in [0.4, 0.5) is 0 Å². The van der Waals surface area contributed by atoms with E-state index in [4.69, 9.17) is 4.42 Å². The number of hydrazone groups is 1. The normalized spacial score (nSPS) is 11.3. The minimum Gasteiger partial charge on any atom is -0.411 e. The van der Waals surface area contributed by atoms with Gasteiger partial charge in [0, 0.05) is 40.6 Å². The van der Waals surface area contributed by atoms with Crippen molar-refractivity contribution in [1.82, 2.24) is 25.6 Å². The lowest BCUT2D eigenvalue weighted by molar-refractivity contribution is -0.118. The molecule has 3 heterocycles. The third kappa shape index (κ3) is 4.04. The Balaban J connectivity index is 1.31. The van der Waals surface area contributed by atoms with Gasteiger partial charge in [-0.1, -0.05) is 30.0 Å². The number of rotatable bonds is 6. The van der Waals surface area contributed by atoms with Crippen molar-refractivity contribution in [2.75, 3.05) is 5.75 Å². The molecule has 9 heteroatoms. The Kier molecular flexibility index (Phi) is 4.93. The number of carbonyl (C=O) groups excluding carboxylic acids is 1. The van der Waals surface area contributed by atoms with Gasteiger partial charge in [0.25, 0.3) is 11.1 Å². The number of nitrogens with one attached hydrogen (secondary N) is 2. The molecule has 0 aliphatic heterocycles. The second kappa shape index (κ2) is 7.83. The van der Waals surface area contributed by atoms with E-state index in [1.807, 2.05) is 30.5 Å². The first-order valence-electron chi connectivity index (χ1n) is 8.04. The van der Waals surface area contributed by atoms with E-state index in [1.165, 1.54) is 0 Å². The van der Waals surface area contributed by atoms with Crippen LogP contribution in [0.1, 0.15) is 5.56 Å². The summed E-state index contributed by atoms with van der Waals surface area (Å²) in [5.74, 6) is 0.237. The molecule has 0 radical (unpaired) electrons. The number of amides is 1. The first-order valence-corrected chi connectivity index (χ1v) is 9.03. The number of H-pyrrole nitrogens is 1. The minimum atomic E-state index is -0.264. The van der Waals surface area contributed by atoms with Crippen molar-refractivity contribution in [2.45, 2.75) is 5.22 Å².